The highest BCUT2D eigenvalue weighted by molar-refractivity contribution is 5.75. The van der Waals surface area contributed by atoms with Crippen molar-refractivity contribution < 1.29 is 9.84 Å². The molecule has 0 aliphatic rings. The molecule has 0 saturated carbocycles. The van der Waals surface area contributed by atoms with Crippen molar-refractivity contribution in [2.45, 2.75) is 20.1 Å². The van der Waals surface area contributed by atoms with E-state index in [1.807, 2.05) is 50.4 Å². The average Bonchev–Trinajstić information content (AvgIpc) is 2.90. The van der Waals surface area contributed by atoms with Gasteiger partial charge in [-0.3, -0.25) is 0 Å². The van der Waals surface area contributed by atoms with Crippen molar-refractivity contribution in [3.05, 3.63) is 53.9 Å². The molecule has 0 aliphatic carbocycles. The van der Waals surface area contributed by atoms with Crippen LogP contribution in [0.3, 0.4) is 0 Å². The van der Waals surface area contributed by atoms with Crippen LogP contribution in [0, 0.1) is 0 Å². The number of nitrogens with zero attached hydrogens (tertiary/aromatic N) is 2. The maximum absolute atomic E-state index is 9.47. The Labute approximate surface area is 135 Å². The first-order valence-corrected chi connectivity index (χ1v) is 7.73. The summed E-state index contributed by atoms with van der Waals surface area (Å²) < 4.78 is 7.59. The van der Waals surface area contributed by atoms with Gasteiger partial charge in [-0.25, -0.2) is 4.98 Å². The van der Waals surface area contributed by atoms with E-state index in [2.05, 4.69) is 20.9 Å². The molecule has 0 amide bonds. The topological polar surface area (TPSA) is 59.3 Å². The van der Waals surface area contributed by atoms with E-state index in [0.717, 1.165) is 33.9 Å². The number of anilines is 1. The second kappa shape index (κ2) is 6.71. The Bertz CT molecular complexity index is 811. The maximum Gasteiger partial charge on any atom is 0.128 e. The van der Waals surface area contributed by atoms with Gasteiger partial charge in [0, 0.05) is 18.3 Å². The van der Waals surface area contributed by atoms with Crippen LogP contribution in [-0.2, 0) is 20.2 Å². The van der Waals surface area contributed by atoms with Crippen LogP contribution >= 0.6 is 0 Å². The Kier molecular flexibility index (Phi) is 4.48. The minimum Gasteiger partial charge on any atom is -0.494 e. The van der Waals surface area contributed by atoms with Crippen molar-refractivity contribution in [3.8, 4) is 5.75 Å². The summed E-state index contributed by atoms with van der Waals surface area (Å²) in [4.78, 5) is 4.64. The minimum absolute atomic E-state index is 0.0445. The van der Waals surface area contributed by atoms with Gasteiger partial charge in [0.2, 0.25) is 0 Å². The molecule has 0 unspecified atom stereocenters. The number of benzene rings is 2. The first-order chi connectivity index (χ1) is 11.2. The van der Waals surface area contributed by atoms with E-state index in [1.165, 1.54) is 0 Å². The molecule has 0 saturated heterocycles. The first-order valence-electron chi connectivity index (χ1n) is 7.73. The molecular weight excluding hydrogens is 290 g/mol. The van der Waals surface area contributed by atoms with E-state index in [0.29, 0.717) is 13.2 Å². The summed E-state index contributed by atoms with van der Waals surface area (Å²) in [6.45, 7) is 3.08. The summed E-state index contributed by atoms with van der Waals surface area (Å²) in [5, 5.41) is 12.8. The van der Waals surface area contributed by atoms with Crippen LogP contribution < -0.4 is 10.1 Å². The Morgan fingerprint density at radius 3 is 2.78 bits per heavy atom. The predicted molar refractivity (Wildman–Crippen MR) is 91.6 cm³/mol. The molecule has 0 atom stereocenters. The predicted octanol–water partition coefficient (Wildman–Crippen LogP) is 3.08. The number of imidazole rings is 1. The van der Waals surface area contributed by atoms with Gasteiger partial charge in [-0.05, 0) is 37.3 Å². The number of hydrogen-bond acceptors (Lipinski definition) is 4. The second-order valence-corrected chi connectivity index (χ2v) is 5.34. The highest BCUT2D eigenvalue weighted by atomic mass is 16.5. The highest BCUT2D eigenvalue weighted by Crippen LogP contribution is 2.23. The molecule has 23 heavy (non-hydrogen) atoms. The van der Waals surface area contributed by atoms with Gasteiger partial charge in [-0.15, -0.1) is 0 Å². The molecular formula is C18H21N3O2. The standard InChI is InChI=1S/C18H21N3O2/c1-3-23-17-9-8-14(10-13(17)12-22)19-11-18-20-15-6-4-5-7-16(15)21(18)2/h4-10,19,22H,3,11-12H2,1-2H3. The lowest BCUT2D eigenvalue weighted by atomic mass is 10.2. The zero-order valence-electron chi connectivity index (χ0n) is 13.4. The van der Waals surface area contributed by atoms with E-state index >= 15 is 0 Å². The largest absolute Gasteiger partial charge is 0.494 e. The van der Waals surface area contributed by atoms with E-state index < -0.39 is 0 Å². The average molecular weight is 311 g/mol. The highest BCUT2D eigenvalue weighted by Gasteiger charge is 2.08. The minimum atomic E-state index is -0.0445. The fourth-order valence-electron chi connectivity index (χ4n) is 2.64. The molecule has 120 valence electrons. The van der Waals surface area contributed by atoms with Crippen LogP contribution in [0.25, 0.3) is 11.0 Å². The van der Waals surface area contributed by atoms with Gasteiger partial charge >= 0.3 is 0 Å². The van der Waals surface area contributed by atoms with Gasteiger partial charge in [0.25, 0.3) is 0 Å². The molecule has 5 heteroatoms. The van der Waals surface area contributed by atoms with Crippen molar-refractivity contribution >= 4 is 16.7 Å². The molecule has 0 spiro atoms. The molecule has 0 bridgehead atoms. The number of fused-ring (bicyclic) bond motifs is 1. The summed E-state index contributed by atoms with van der Waals surface area (Å²) in [6.07, 6.45) is 0. The number of para-hydroxylation sites is 2. The number of aliphatic hydroxyl groups excluding tert-OH is 1. The summed E-state index contributed by atoms with van der Waals surface area (Å²) >= 11 is 0. The molecule has 3 rings (SSSR count). The third-order valence-electron chi connectivity index (χ3n) is 3.86. The molecule has 0 fully saturated rings. The lowest BCUT2D eigenvalue weighted by molar-refractivity contribution is 0.267. The normalized spacial score (nSPS) is 10.9. The van der Waals surface area contributed by atoms with Crippen LogP contribution in [0.1, 0.15) is 18.3 Å². The van der Waals surface area contributed by atoms with Gasteiger partial charge < -0.3 is 19.7 Å². The molecule has 1 heterocycles. The van der Waals surface area contributed by atoms with Crippen LogP contribution in [0.2, 0.25) is 0 Å². The molecule has 5 nitrogen and oxygen atoms in total. The first kappa shape index (κ1) is 15.4. The van der Waals surface area contributed by atoms with Crippen LogP contribution in [0.15, 0.2) is 42.5 Å². The summed E-state index contributed by atoms with van der Waals surface area (Å²) in [5.74, 6) is 1.69. The van der Waals surface area contributed by atoms with Gasteiger partial charge in [-0.2, -0.15) is 0 Å². The second-order valence-electron chi connectivity index (χ2n) is 5.34. The van der Waals surface area contributed by atoms with Gasteiger partial charge in [0.1, 0.15) is 11.6 Å². The number of aromatic nitrogens is 2. The summed E-state index contributed by atoms with van der Waals surface area (Å²) in [7, 11) is 2.02. The van der Waals surface area contributed by atoms with Crippen LogP contribution in [-0.4, -0.2) is 21.3 Å². The third kappa shape index (κ3) is 3.14. The number of nitrogens with one attached hydrogen (secondary N) is 1. The molecule has 3 aromatic rings. The van der Waals surface area contributed by atoms with Crippen molar-refractivity contribution in [1.82, 2.24) is 9.55 Å². The smallest absolute Gasteiger partial charge is 0.128 e. The third-order valence-corrected chi connectivity index (χ3v) is 3.86. The Hall–Kier alpha value is -2.53. The Morgan fingerprint density at radius 2 is 2.04 bits per heavy atom. The molecule has 1 aromatic heterocycles. The summed E-state index contributed by atoms with van der Waals surface area (Å²) in [6, 6.07) is 13.8. The fourth-order valence-corrected chi connectivity index (χ4v) is 2.64. The number of hydrogen-bond donors (Lipinski definition) is 2. The summed E-state index contributed by atoms with van der Waals surface area (Å²) in [5.41, 5.74) is 3.83. The van der Waals surface area contributed by atoms with Crippen molar-refractivity contribution in [3.63, 3.8) is 0 Å². The van der Waals surface area contributed by atoms with Crippen LogP contribution in [0.5, 0.6) is 5.75 Å². The lowest BCUT2D eigenvalue weighted by Crippen LogP contribution is -2.06. The van der Waals surface area contributed by atoms with E-state index in [4.69, 9.17) is 4.74 Å². The number of aliphatic hydroxyl groups is 1. The quantitative estimate of drug-likeness (QED) is 0.734. The molecule has 2 aromatic carbocycles. The van der Waals surface area contributed by atoms with Crippen molar-refractivity contribution in [2.75, 3.05) is 11.9 Å². The van der Waals surface area contributed by atoms with Gasteiger partial charge in [0.15, 0.2) is 0 Å². The van der Waals surface area contributed by atoms with E-state index in [1.54, 1.807) is 0 Å². The Balaban J connectivity index is 1.78. The van der Waals surface area contributed by atoms with Crippen molar-refractivity contribution in [1.29, 1.82) is 0 Å². The monoisotopic (exact) mass is 311 g/mol. The van der Waals surface area contributed by atoms with Crippen LogP contribution in [0.4, 0.5) is 5.69 Å². The fraction of sp³-hybridized carbons (Fsp3) is 0.278. The zero-order chi connectivity index (χ0) is 16.2. The SMILES string of the molecule is CCOc1ccc(NCc2nc3ccccc3n2C)cc1CO. The van der Waals surface area contributed by atoms with Gasteiger partial charge in [-0.1, -0.05) is 12.1 Å². The number of ether oxygens (including phenoxy) is 1. The number of rotatable bonds is 6. The zero-order valence-corrected chi connectivity index (χ0v) is 13.4. The molecule has 0 radical (unpaired) electrons. The molecule has 0 aliphatic heterocycles. The van der Waals surface area contributed by atoms with E-state index in [-0.39, 0.29) is 6.61 Å². The van der Waals surface area contributed by atoms with Crippen molar-refractivity contribution in [2.24, 2.45) is 7.05 Å². The maximum atomic E-state index is 9.47. The number of aryl methyl sites for hydroxylation is 1. The lowest BCUT2D eigenvalue weighted by Gasteiger charge is -2.12. The van der Waals surface area contributed by atoms with Gasteiger partial charge in [0.05, 0.1) is 30.8 Å². The van der Waals surface area contributed by atoms with E-state index in [9.17, 15) is 5.11 Å². The molecule has 2 N–H and O–H groups in total. The Morgan fingerprint density at radius 1 is 1.22 bits per heavy atom.